The van der Waals surface area contributed by atoms with Crippen LogP contribution in [0.5, 0.6) is 0 Å². The molecule has 4 atom stereocenters. The normalized spacial score (nSPS) is 29.6. The molecule has 0 amide bonds. The van der Waals surface area contributed by atoms with Gasteiger partial charge in [0.05, 0.1) is 11.6 Å². The van der Waals surface area contributed by atoms with Crippen LogP contribution < -0.4 is 11.2 Å². The second kappa shape index (κ2) is 6.19. The largest absolute Gasteiger partial charge is 0.396 e. The maximum Gasteiger partial charge on any atom is 0.328 e. The van der Waals surface area contributed by atoms with Gasteiger partial charge < -0.3 is 10.2 Å². The van der Waals surface area contributed by atoms with Crippen LogP contribution in [0, 0.1) is 11.8 Å². The summed E-state index contributed by atoms with van der Waals surface area (Å²) in [5.74, 6) is -1.23. The molecule has 1 aliphatic rings. The maximum absolute atomic E-state index is 14.0. The van der Waals surface area contributed by atoms with E-state index in [0.717, 1.165) is 4.57 Å². The summed E-state index contributed by atoms with van der Waals surface area (Å²) in [5, 5.41) is 18.3. The number of hydrogen-bond donors (Lipinski definition) is 3. The molecule has 1 fully saturated rings. The zero-order chi connectivity index (χ0) is 14.9. The van der Waals surface area contributed by atoms with E-state index in [1.54, 1.807) is 4.08 Å². The minimum atomic E-state index is -1.43. The fourth-order valence-electron chi connectivity index (χ4n) is 2.58. The van der Waals surface area contributed by atoms with Gasteiger partial charge in [0.1, 0.15) is 6.17 Å². The van der Waals surface area contributed by atoms with E-state index in [1.165, 1.54) is 12.3 Å². The Morgan fingerprint density at radius 3 is 2.55 bits per heavy atom. The molecule has 0 aromatic carbocycles. The van der Waals surface area contributed by atoms with Gasteiger partial charge in [0.25, 0.3) is 5.56 Å². The van der Waals surface area contributed by atoms with E-state index < -0.39 is 35.3 Å². The second-order valence-corrected chi connectivity index (χ2v) is 5.39. The molecule has 0 saturated heterocycles. The van der Waals surface area contributed by atoms with Crippen molar-refractivity contribution in [1.29, 1.82) is 0 Å². The van der Waals surface area contributed by atoms with E-state index in [4.69, 9.17) is 5.11 Å². The number of aromatic amines is 1. The average molecular weight is 396 g/mol. The fourth-order valence-corrected chi connectivity index (χ4v) is 2.97. The van der Waals surface area contributed by atoms with E-state index in [1.807, 2.05) is 22.6 Å². The highest BCUT2D eigenvalue weighted by atomic mass is 127. The quantitative estimate of drug-likeness (QED) is 0.627. The first-order chi connectivity index (χ1) is 9.54. The smallest absolute Gasteiger partial charge is 0.328 e. The molecule has 1 aliphatic carbocycles. The summed E-state index contributed by atoms with van der Waals surface area (Å²) in [7, 11) is 0. The van der Waals surface area contributed by atoms with Crippen molar-refractivity contribution < 1.29 is 14.6 Å². The molecule has 3 N–H and O–H groups in total. The SMILES string of the molecule is O=c1[nH]c(=O)n([C@@H]2[C@@H](F)[C@H](CO)[C@H]2CO)cc1/C=C/I. The number of aliphatic hydroxyl groups is 2. The first-order valence-electron chi connectivity index (χ1n) is 6.03. The molecule has 0 bridgehead atoms. The number of hydrogen-bond acceptors (Lipinski definition) is 4. The summed E-state index contributed by atoms with van der Waals surface area (Å²) in [4.78, 5) is 25.5. The van der Waals surface area contributed by atoms with E-state index in [0.29, 0.717) is 0 Å². The minimum Gasteiger partial charge on any atom is -0.396 e. The lowest BCUT2D eigenvalue weighted by Gasteiger charge is -2.46. The molecule has 0 spiro atoms. The molecular weight excluding hydrogens is 382 g/mol. The van der Waals surface area contributed by atoms with Crippen molar-refractivity contribution >= 4 is 28.7 Å². The second-order valence-electron chi connectivity index (χ2n) is 4.67. The number of nitrogens with zero attached hydrogens (tertiary/aromatic N) is 1. The van der Waals surface area contributed by atoms with Crippen LogP contribution in [-0.4, -0.2) is 39.1 Å². The van der Waals surface area contributed by atoms with Gasteiger partial charge in [-0.1, -0.05) is 22.6 Å². The molecule has 20 heavy (non-hydrogen) atoms. The van der Waals surface area contributed by atoms with Crippen LogP contribution in [0.2, 0.25) is 0 Å². The molecule has 0 unspecified atom stereocenters. The molecule has 1 heterocycles. The Kier molecular flexibility index (Phi) is 4.76. The van der Waals surface area contributed by atoms with E-state index in [9.17, 15) is 19.1 Å². The van der Waals surface area contributed by atoms with Gasteiger partial charge in [-0.25, -0.2) is 9.18 Å². The van der Waals surface area contributed by atoms with Crippen molar-refractivity contribution in [3.05, 3.63) is 36.7 Å². The Bertz CT molecular complexity index is 627. The Hall–Kier alpha value is -1.00. The molecule has 2 rings (SSSR count). The van der Waals surface area contributed by atoms with Crippen molar-refractivity contribution in [2.24, 2.45) is 11.8 Å². The number of nitrogens with one attached hydrogen (secondary N) is 1. The van der Waals surface area contributed by atoms with Gasteiger partial charge in [-0.15, -0.1) is 0 Å². The molecule has 0 radical (unpaired) electrons. The predicted molar refractivity (Wildman–Crippen MR) is 79.5 cm³/mol. The van der Waals surface area contributed by atoms with Crippen LogP contribution in [0.3, 0.4) is 0 Å². The van der Waals surface area contributed by atoms with Crippen molar-refractivity contribution in [2.75, 3.05) is 13.2 Å². The van der Waals surface area contributed by atoms with Crippen LogP contribution in [0.4, 0.5) is 4.39 Å². The average Bonchev–Trinajstić information content (AvgIpc) is 2.41. The van der Waals surface area contributed by atoms with Crippen LogP contribution in [0.25, 0.3) is 6.08 Å². The summed E-state index contributed by atoms with van der Waals surface area (Å²) in [6.07, 6.45) is 1.35. The van der Waals surface area contributed by atoms with Crippen molar-refractivity contribution in [2.45, 2.75) is 12.2 Å². The van der Waals surface area contributed by atoms with Crippen molar-refractivity contribution in [3.8, 4) is 0 Å². The zero-order valence-electron chi connectivity index (χ0n) is 10.4. The summed E-state index contributed by atoms with van der Waals surface area (Å²) in [6, 6.07) is -0.872. The zero-order valence-corrected chi connectivity index (χ0v) is 12.5. The molecule has 6 nitrogen and oxygen atoms in total. The van der Waals surface area contributed by atoms with Crippen molar-refractivity contribution in [1.82, 2.24) is 9.55 Å². The number of aliphatic hydroxyl groups excluding tert-OH is 2. The highest BCUT2D eigenvalue weighted by Gasteiger charge is 2.51. The molecule has 8 heteroatoms. The fraction of sp³-hybridized carbons (Fsp3) is 0.500. The van der Waals surface area contributed by atoms with Crippen LogP contribution >= 0.6 is 22.6 Å². The third kappa shape index (κ3) is 2.47. The number of alkyl halides is 1. The summed E-state index contributed by atoms with van der Waals surface area (Å²) in [6.45, 7) is -0.721. The van der Waals surface area contributed by atoms with Gasteiger partial charge in [-0.3, -0.25) is 14.3 Å². The summed E-state index contributed by atoms with van der Waals surface area (Å²) < 4.78 is 16.7. The van der Waals surface area contributed by atoms with Crippen LogP contribution in [-0.2, 0) is 0 Å². The van der Waals surface area contributed by atoms with Gasteiger partial charge in [0.2, 0.25) is 0 Å². The highest BCUT2D eigenvalue weighted by molar-refractivity contribution is 14.1. The Labute approximate surface area is 127 Å². The lowest BCUT2D eigenvalue weighted by molar-refractivity contribution is -0.0875. The number of halogens is 2. The van der Waals surface area contributed by atoms with E-state index in [-0.39, 0.29) is 18.8 Å². The first kappa shape index (κ1) is 15.4. The van der Waals surface area contributed by atoms with Gasteiger partial charge in [0.15, 0.2) is 0 Å². The standard InChI is InChI=1S/C12H14FIN2O4/c13-9-7(4-17)8(5-18)10(9)16-3-6(1-2-14)11(19)15-12(16)20/h1-3,7-10,17-18H,4-5H2,(H,15,19,20)/b2-1+/t7-,8-,9+,10+/m1/s1. The maximum atomic E-state index is 14.0. The topological polar surface area (TPSA) is 95.3 Å². The molecule has 1 saturated carbocycles. The molecule has 1 aromatic rings. The summed E-state index contributed by atoms with van der Waals surface area (Å²) >= 11 is 1.93. The Morgan fingerprint density at radius 2 is 2.00 bits per heavy atom. The Balaban J connectivity index is 2.45. The third-order valence-electron chi connectivity index (χ3n) is 3.70. The van der Waals surface area contributed by atoms with Gasteiger partial charge in [0, 0.05) is 31.2 Å². The van der Waals surface area contributed by atoms with Gasteiger partial charge >= 0.3 is 5.69 Å². The molecular formula is C12H14FIN2O4. The van der Waals surface area contributed by atoms with Crippen LogP contribution in [0.15, 0.2) is 19.9 Å². The lowest BCUT2D eigenvalue weighted by atomic mass is 9.68. The lowest BCUT2D eigenvalue weighted by Crippen LogP contribution is -2.55. The van der Waals surface area contributed by atoms with Gasteiger partial charge in [-0.05, 0) is 10.2 Å². The first-order valence-corrected chi connectivity index (χ1v) is 7.27. The summed E-state index contributed by atoms with van der Waals surface area (Å²) in [5.41, 5.74) is -1.04. The van der Waals surface area contributed by atoms with E-state index in [2.05, 4.69) is 4.98 Å². The highest BCUT2D eigenvalue weighted by Crippen LogP contribution is 2.45. The predicted octanol–water partition coefficient (Wildman–Crippen LogP) is 0.0521. The minimum absolute atomic E-state index is 0.232. The third-order valence-corrected chi connectivity index (χ3v) is 4.06. The number of H-pyrrole nitrogens is 1. The number of rotatable bonds is 4. The monoisotopic (exact) mass is 396 g/mol. The van der Waals surface area contributed by atoms with E-state index >= 15 is 0 Å². The molecule has 110 valence electrons. The van der Waals surface area contributed by atoms with Gasteiger partial charge in [-0.2, -0.15) is 0 Å². The van der Waals surface area contributed by atoms with Crippen molar-refractivity contribution in [3.63, 3.8) is 0 Å². The van der Waals surface area contributed by atoms with Crippen LogP contribution in [0.1, 0.15) is 11.6 Å². The molecule has 1 aromatic heterocycles. The Morgan fingerprint density at radius 1 is 1.35 bits per heavy atom. The molecule has 0 aliphatic heterocycles. The number of aromatic nitrogens is 2.